The first-order chi connectivity index (χ1) is 7.15. The highest BCUT2D eigenvalue weighted by Crippen LogP contribution is 2.28. The topological polar surface area (TPSA) is 53.4 Å². The molecule has 82 valence electrons. The van der Waals surface area contributed by atoms with Gasteiger partial charge in [0.05, 0.1) is 12.8 Å². The molecule has 0 saturated carbocycles. The van der Waals surface area contributed by atoms with Crippen molar-refractivity contribution in [3.05, 3.63) is 12.3 Å². The van der Waals surface area contributed by atoms with Crippen LogP contribution in [-0.2, 0) is 16.1 Å². The van der Waals surface area contributed by atoms with Crippen molar-refractivity contribution in [1.29, 1.82) is 0 Å². The first kappa shape index (κ1) is 10.0. The maximum Gasteiger partial charge on any atom is 0.350 e. The SMILES string of the molecule is CCOC(=O)C1(C)CCn2nccc2O1. The molecule has 0 fully saturated rings. The van der Waals surface area contributed by atoms with Crippen molar-refractivity contribution < 1.29 is 14.3 Å². The summed E-state index contributed by atoms with van der Waals surface area (Å²) in [7, 11) is 0. The average Bonchev–Trinajstić information content (AvgIpc) is 2.65. The van der Waals surface area contributed by atoms with E-state index in [1.54, 1.807) is 30.8 Å². The maximum atomic E-state index is 11.7. The van der Waals surface area contributed by atoms with Crippen LogP contribution in [0.25, 0.3) is 0 Å². The standard InChI is InChI=1S/C10H14N2O3/c1-3-14-9(13)10(2)5-7-12-8(15-10)4-6-11-12/h4,6H,3,5,7H2,1-2H3. The number of carbonyl (C=O) groups is 1. The predicted octanol–water partition coefficient (Wildman–Crippen LogP) is 0.987. The van der Waals surface area contributed by atoms with Gasteiger partial charge < -0.3 is 9.47 Å². The van der Waals surface area contributed by atoms with Gasteiger partial charge in [0.15, 0.2) is 0 Å². The lowest BCUT2D eigenvalue weighted by Crippen LogP contribution is -2.46. The van der Waals surface area contributed by atoms with Crippen LogP contribution in [0.4, 0.5) is 0 Å². The number of ether oxygens (including phenoxy) is 2. The molecule has 0 radical (unpaired) electrons. The van der Waals surface area contributed by atoms with Crippen molar-refractivity contribution in [2.75, 3.05) is 6.61 Å². The largest absolute Gasteiger partial charge is 0.463 e. The molecule has 1 atom stereocenters. The number of esters is 1. The number of aromatic nitrogens is 2. The summed E-state index contributed by atoms with van der Waals surface area (Å²) in [5.41, 5.74) is -0.869. The van der Waals surface area contributed by atoms with Gasteiger partial charge in [-0.3, -0.25) is 0 Å². The number of fused-ring (bicyclic) bond motifs is 1. The molecule has 1 aromatic heterocycles. The molecule has 5 nitrogen and oxygen atoms in total. The van der Waals surface area contributed by atoms with E-state index < -0.39 is 5.60 Å². The fraction of sp³-hybridized carbons (Fsp3) is 0.600. The zero-order valence-electron chi connectivity index (χ0n) is 8.90. The molecule has 0 N–H and O–H groups in total. The number of aryl methyl sites for hydroxylation is 1. The van der Waals surface area contributed by atoms with Crippen LogP contribution in [-0.4, -0.2) is 28.0 Å². The maximum absolute atomic E-state index is 11.7. The Labute approximate surface area is 88.0 Å². The van der Waals surface area contributed by atoms with Crippen LogP contribution in [0.2, 0.25) is 0 Å². The highest BCUT2D eigenvalue weighted by atomic mass is 16.6. The molecule has 5 heteroatoms. The molecule has 1 aromatic rings. The Balaban J connectivity index is 2.17. The third-order valence-electron chi connectivity index (χ3n) is 2.52. The van der Waals surface area contributed by atoms with Crippen LogP contribution in [0.5, 0.6) is 5.88 Å². The Hall–Kier alpha value is -1.52. The summed E-state index contributed by atoms with van der Waals surface area (Å²) in [4.78, 5) is 11.7. The Morgan fingerprint density at radius 3 is 3.33 bits per heavy atom. The van der Waals surface area contributed by atoms with Gasteiger partial charge in [-0.15, -0.1) is 0 Å². The zero-order chi connectivity index (χ0) is 10.9. The van der Waals surface area contributed by atoms with Gasteiger partial charge in [-0.05, 0) is 13.8 Å². The third-order valence-corrected chi connectivity index (χ3v) is 2.52. The summed E-state index contributed by atoms with van der Waals surface area (Å²) >= 11 is 0. The van der Waals surface area contributed by atoms with Gasteiger partial charge in [-0.1, -0.05) is 0 Å². The molecule has 2 rings (SSSR count). The fourth-order valence-corrected chi connectivity index (χ4v) is 1.60. The van der Waals surface area contributed by atoms with Crippen molar-refractivity contribution >= 4 is 5.97 Å². The van der Waals surface area contributed by atoms with Gasteiger partial charge in [0.1, 0.15) is 0 Å². The lowest BCUT2D eigenvalue weighted by molar-refractivity contribution is -0.163. The Morgan fingerprint density at radius 2 is 2.60 bits per heavy atom. The predicted molar refractivity (Wildman–Crippen MR) is 52.5 cm³/mol. The van der Waals surface area contributed by atoms with Gasteiger partial charge in [0.25, 0.3) is 0 Å². The molecule has 1 aliphatic heterocycles. The summed E-state index contributed by atoms with van der Waals surface area (Å²) < 4.78 is 12.3. The molecule has 0 spiro atoms. The van der Waals surface area contributed by atoms with Gasteiger partial charge in [-0.2, -0.15) is 5.10 Å². The summed E-state index contributed by atoms with van der Waals surface area (Å²) in [5.74, 6) is 0.314. The number of carbonyl (C=O) groups excluding carboxylic acids is 1. The summed E-state index contributed by atoms with van der Waals surface area (Å²) in [6, 6.07) is 1.75. The van der Waals surface area contributed by atoms with E-state index in [-0.39, 0.29) is 5.97 Å². The van der Waals surface area contributed by atoms with E-state index in [1.165, 1.54) is 0 Å². The molecule has 0 aliphatic carbocycles. The Kier molecular flexibility index (Phi) is 2.38. The van der Waals surface area contributed by atoms with Crippen LogP contribution >= 0.6 is 0 Å². The molecular weight excluding hydrogens is 196 g/mol. The second kappa shape index (κ2) is 3.56. The van der Waals surface area contributed by atoms with Crippen LogP contribution in [0, 0.1) is 0 Å². The number of nitrogens with zero attached hydrogens (tertiary/aromatic N) is 2. The van der Waals surface area contributed by atoms with E-state index in [4.69, 9.17) is 9.47 Å². The van der Waals surface area contributed by atoms with Crippen molar-refractivity contribution in [1.82, 2.24) is 9.78 Å². The molecular formula is C10H14N2O3. The van der Waals surface area contributed by atoms with E-state index in [0.717, 1.165) is 0 Å². The van der Waals surface area contributed by atoms with E-state index >= 15 is 0 Å². The number of rotatable bonds is 2. The molecule has 0 aromatic carbocycles. The summed E-state index contributed by atoms with van der Waals surface area (Å²) in [6.45, 7) is 4.59. The van der Waals surface area contributed by atoms with Gasteiger partial charge in [0, 0.05) is 19.0 Å². The van der Waals surface area contributed by atoms with E-state index in [2.05, 4.69) is 5.10 Å². The summed E-state index contributed by atoms with van der Waals surface area (Å²) in [6.07, 6.45) is 2.24. The van der Waals surface area contributed by atoms with E-state index in [9.17, 15) is 4.79 Å². The molecule has 1 unspecified atom stereocenters. The van der Waals surface area contributed by atoms with Crippen molar-refractivity contribution in [3.63, 3.8) is 0 Å². The first-order valence-corrected chi connectivity index (χ1v) is 5.04. The highest BCUT2D eigenvalue weighted by molar-refractivity contribution is 5.79. The summed E-state index contributed by atoms with van der Waals surface area (Å²) in [5, 5.41) is 4.07. The molecule has 1 aliphatic rings. The van der Waals surface area contributed by atoms with Crippen LogP contribution in [0.3, 0.4) is 0 Å². The first-order valence-electron chi connectivity index (χ1n) is 5.04. The lowest BCUT2D eigenvalue weighted by atomic mass is 10.0. The minimum absolute atomic E-state index is 0.308. The van der Waals surface area contributed by atoms with Gasteiger partial charge in [-0.25, -0.2) is 9.48 Å². The normalized spacial score (nSPS) is 24.1. The second-order valence-corrected chi connectivity index (χ2v) is 3.70. The minimum atomic E-state index is -0.869. The van der Waals surface area contributed by atoms with Crippen LogP contribution in [0.15, 0.2) is 12.3 Å². The van der Waals surface area contributed by atoms with Crippen molar-refractivity contribution in [3.8, 4) is 5.88 Å². The molecule has 0 bridgehead atoms. The highest BCUT2D eigenvalue weighted by Gasteiger charge is 2.40. The second-order valence-electron chi connectivity index (χ2n) is 3.70. The third kappa shape index (κ3) is 1.69. The van der Waals surface area contributed by atoms with Crippen molar-refractivity contribution in [2.24, 2.45) is 0 Å². The number of hydrogen-bond acceptors (Lipinski definition) is 4. The van der Waals surface area contributed by atoms with E-state index in [1.807, 2.05) is 0 Å². The van der Waals surface area contributed by atoms with Gasteiger partial charge >= 0.3 is 5.97 Å². The van der Waals surface area contributed by atoms with Gasteiger partial charge in [0.2, 0.25) is 11.5 Å². The molecule has 2 heterocycles. The Bertz CT molecular complexity index is 374. The Morgan fingerprint density at radius 1 is 1.80 bits per heavy atom. The fourth-order valence-electron chi connectivity index (χ4n) is 1.60. The zero-order valence-corrected chi connectivity index (χ0v) is 8.90. The van der Waals surface area contributed by atoms with E-state index in [0.29, 0.717) is 25.5 Å². The molecule has 0 amide bonds. The quantitative estimate of drug-likeness (QED) is 0.683. The molecule has 15 heavy (non-hydrogen) atoms. The molecule has 0 saturated heterocycles. The van der Waals surface area contributed by atoms with Crippen molar-refractivity contribution in [2.45, 2.75) is 32.4 Å². The van der Waals surface area contributed by atoms with Crippen LogP contribution in [0.1, 0.15) is 20.3 Å². The monoisotopic (exact) mass is 210 g/mol. The average molecular weight is 210 g/mol. The van der Waals surface area contributed by atoms with Crippen LogP contribution < -0.4 is 4.74 Å². The smallest absolute Gasteiger partial charge is 0.350 e. The number of hydrogen-bond donors (Lipinski definition) is 0. The minimum Gasteiger partial charge on any atom is -0.463 e. The lowest BCUT2D eigenvalue weighted by Gasteiger charge is -2.32.